The first kappa shape index (κ1) is 9.86. The van der Waals surface area contributed by atoms with Gasteiger partial charge in [-0.2, -0.15) is 0 Å². The molecular weight excluding hydrogens is 250 g/mol. The van der Waals surface area contributed by atoms with Crippen molar-refractivity contribution in [3.8, 4) is 0 Å². The molecule has 0 aliphatic heterocycles. The summed E-state index contributed by atoms with van der Waals surface area (Å²) >= 11 is 3.56. The second-order valence-electron chi connectivity index (χ2n) is 5.20. The van der Waals surface area contributed by atoms with Gasteiger partial charge in [0.2, 0.25) is 0 Å². The second-order valence-corrected chi connectivity index (χ2v) is 6.11. The Balaban J connectivity index is 2.09. The van der Waals surface area contributed by atoms with E-state index in [4.69, 9.17) is 5.73 Å². The van der Waals surface area contributed by atoms with E-state index in [0.29, 0.717) is 5.41 Å². The maximum atomic E-state index is 6.42. The van der Waals surface area contributed by atoms with E-state index in [-0.39, 0.29) is 5.54 Å². The lowest BCUT2D eigenvalue weighted by Gasteiger charge is -2.25. The molecule has 2 saturated carbocycles. The van der Waals surface area contributed by atoms with E-state index >= 15 is 0 Å². The van der Waals surface area contributed by atoms with Gasteiger partial charge in [-0.15, -0.1) is 0 Å². The third-order valence-electron chi connectivity index (χ3n) is 4.21. The molecule has 2 aliphatic carbocycles. The minimum Gasteiger partial charge on any atom is -0.324 e. The van der Waals surface area contributed by atoms with Crippen molar-refractivity contribution >= 4 is 15.9 Å². The Morgan fingerprint density at radius 1 is 1.20 bits per heavy atom. The van der Waals surface area contributed by atoms with Crippen molar-refractivity contribution in [1.29, 1.82) is 0 Å². The van der Waals surface area contributed by atoms with Crippen LogP contribution in [0.3, 0.4) is 0 Å². The van der Waals surface area contributed by atoms with Crippen LogP contribution in [0.25, 0.3) is 0 Å². The van der Waals surface area contributed by atoms with Gasteiger partial charge in [0.05, 0.1) is 0 Å². The first-order valence-electron chi connectivity index (χ1n) is 5.63. The van der Waals surface area contributed by atoms with Gasteiger partial charge < -0.3 is 5.73 Å². The molecule has 0 unspecified atom stereocenters. The van der Waals surface area contributed by atoms with E-state index in [2.05, 4.69) is 41.1 Å². The molecule has 1 aromatic rings. The Morgan fingerprint density at radius 2 is 1.87 bits per heavy atom. The fraction of sp³-hybridized carbons (Fsp3) is 0.538. The predicted octanol–water partition coefficient (Wildman–Crippen LogP) is 3.28. The van der Waals surface area contributed by atoms with Crippen molar-refractivity contribution in [1.82, 2.24) is 0 Å². The van der Waals surface area contributed by atoms with Crippen LogP contribution in [0.5, 0.6) is 0 Å². The number of hydrogen-bond acceptors (Lipinski definition) is 1. The summed E-state index contributed by atoms with van der Waals surface area (Å²) in [6, 6.07) is 6.59. The molecule has 2 heteroatoms. The Labute approximate surface area is 99.2 Å². The molecule has 80 valence electrons. The smallest absolute Gasteiger partial charge is 0.0253 e. The van der Waals surface area contributed by atoms with Gasteiger partial charge in [0, 0.05) is 15.4 Å². The minimum atomic E-state index is 0.124. The maximum Gasteiger partial charge on any atom is 0.0253 e. The van der Waals surface area contributed by atoms with E-state index in [1.807, 2.05) is 0 Å². The lowest BCUT2D eigenvalue weighted by atomic mass is 9.84. The Morgan fingerprint density at radius 3 is 2.40 bits per heavy atom. The van der Waals surface area contributed by atoms with Gasteiger partial charge in [0.25, 0.3) is 0 Å². The standard InChI is InChI=1S/C13H16BrN/c1-9-2-3-10(14)8-11(9)12(4-5-12)13(15)6-7-13/h2-3,8H,4-7,15H2,1H3. The fourth-order valence-corrected chi connectivity index (χ4v) is 3.24. The molecule has 0 bridgehead atoms. The van der Waals surface area contributed by atoms with Gasteiger partial charge in [-0.05, 0) is 55.9 Å². The summed E-state index contributed by atoms with van der Waals surface area (Å²) in [5.41, 5.74) is 9.75. The number of nitrogens with two attached hydrogens (primary N) is 1. The van der Waals surface area contributed by atoms with Crippen molar-refractivity contribution in [2.45, 2.75) is 43.6 Å². The second kappa shape index (κ2) is 2.86. The van der Waals surface area contributed by atoms with Crippen molar-refractivity contribution in [2.24, 2.45) is 5.73 Å². The van der Waals surface area contributed by atoms with E-state index < -0.39 is 0 Å². The molecule has 1 aromatic carbocycles. The first-order chi connectivity index (χ1) is 7.07. The van der Waals surface area contributed by atoms with Gasteiger partial charge in [0.1, 0.15) is 0 Å². The molecule has 1 nitrogen and oxygen atoms in total. The number of benzene rings is 1. The van der Waals surface area contributed by atoms with Crippen molar-refractivity contribution in [3.63, 3.8) is 0 Å². The van der Waals surface area contributed by atoms with Crippen LogP contribution >= 0.6 is 15.9 Å². The number of halogens is 1. The average molecular weight is 266 g/mol. The zero-order chi connectivity index (χ0) is 10.7. The summed E-state index contributed by atoms with van der Waals surface area (Å²) in [4.78, 5) is 0. The molecule has 0 atom stereocenters. The van der Waals surface area contributed by atoms with Crippen molar-refractivity contribution < 1.29 is 0 Å². The van der Waals surface area contributed by atoms with Gasteiger partial charge in [-0.1, -0.05) is 22.0 Å². The highest BCUT2D eigenvalue weighted by atomic mass is 79.9. The highest BCUT2D eigenvalue weighted by Crippen LogP contribution is 2.64. The lowest BCUT2D eigenvalue weighted by Crippen LogP contribution is -2.37. The lowest BCUT2D eigenvalue weighted by molar-refractivity contribution is 0.501. The summed E-state index contributed by atoms with van der Waals surface area (Å²) < 4.78 is 1.18. The Bertz CT molecular complexity index is 417. The van der Waals surface area contributed by atoms with Crippen LogP contribution in [-0.2, 0) is 5.41 Å². The third kappa shape index (κ3) is 1.31. The Kier molecular flexibility index (Phi) is 1.88. The zero-order valence-electron chi connectivity index (χ0n) is 9.02. The number of aryl methyl sites for hydroxylation is 1. The first-order valence-corrected chi connectivity index (χ1v) is 6.42. The molecule has 0 aromatic heterocycles. The third-order valence-corrected chi connectivity index (χ3v) is 4.70. The van der Waals surface area contributed by atoms with Crippen LogP contribution < -0.4 is 5.73 Å². The van der Waals surface area contributed by atoms with Crippen LogP contribution in [0.2, 0.25) is 0 Å². The molecule has 0 radical (unpaired) electrons. The molecule has 0 spiro atoms. The van der Waals surface area contributed by atoms with Gasteiger partial charge >= 0.3 is 0 Å². The van der Waals surface area contributed by atoms with E-state index in [1.165, 1.54) is 41.3 Å². The van der Waals surface area contributed by atoms with E-state index in [1.54, 1.807) is 0 Å². The molecular formula is C13H16BrN. The van der Waals surface area contributed by atoms with Crippen molar-refractivity contribution in [2.75, 3.05) is 0 Å². The molecule has 3 rings (SSSR count). The summed E-state index contributed by atoms with van der Waals surface area (Å²) in [7, 11) is 0. The van der Waals surface area contributed by atoms with Crippen LogP contribution in [-0.4, -0.2) is 5.54 Å². The van der Waals surface area contributed by atoms with Crippen molar-refractivity contribution in [3.05, 3.63) is 33.8 Å². The summed E-state index contributed by atoms with van der Waals surface area (Å²) in [6.45, 7) is 2.20. The predicted molar refractivity (Wildman–Crippen MR) is 65.9 cm³/mol. The summed E-state index contributed by atoms with van der Waals surface area (Å²) in [5.74, 6) is 0. The number of rotatable bonds is 2. The summed E-state index contributed by atoms with van der Waals surface area (Å²) in [5, 5.41) is 0. The maximum absolute atomic E-state index is 6.42. The van der Waals surface area contributed by atoms with Gasteiger partial charge in [-0.25, -0.2) is 0 Å². The zero-order valence-corrected chi connectivity index (χ0v) is 10.6. The SMILES string of the molecule is Cc1ccc(Br)cc1C1(C2(N)CC2)CC1. The number of hydrogen-bond donors (Lipinski definition) is 1. The molecule has 2 aliphatic rings. The van der Waals surface area contributed by atoms with Gasteiger partial charge in [-0.3, -0.25) is 0 Å². The molecule has 2 N–H and O–H groups in total. The highest BCUT2D eigenvalue weighted by molar-refractivity contribution is 9.10. The average Bonchev–Trinajstić information content (AvgIpc) is 3.05. The van der Waals surface area contributed by atoms with E-state index in [0.717, 1.165) is 0 Å². The summed E-state index contributed by atoms with van der Waals surface area (Å²) in [6.07, 6.45) is 4.97. The Hall–Kier alpha value is -0.340. The normalized spacial score (nSPS) is 25.0. The molecule has 0 amide bonds. The monoisotopic (exact) mass is 265 g/mol. The van der Waals surface area contributed by atoms with Crippen LogP contribution in [0, 0.1) is 6.92 Å². The van der Waals surface area contributed by atoms with E-state index in [9.17, 15) is 0 Å². The van der Waals surface area contributed by atoms with Gasteiger partial charge in [0.15, 0.2) is 0 Å². The topological polar surface area (TPSA) is 26.0 Å². The highest BCUT2D eigenvalue weighted by Gasteiger charge is 2.64. The quantitative estimate of drug-likeness (QED) is 0.873. The molecule has 2 fully saturated rings. The molecule has 0 heterocycles. The van der Waals surface area contributed by atoms with Crippen LogP contribution in [0.15, 0.2) is 22.7 Å². The fourth-order valence-electron chi connectivity index (χ4n) is 2.88. The van der Waals surface area contributed by atoms with Crippen LogP contribution in [0.1, 0.15) is 36.8 Å². The van der Waals surface area contributed by atoms with Crippen LogP contribution in [0.4, 0.5) is 0 Å². The minimum absolute atomic E-state index is 0.124. The molecule has 0 saturated heterocycles. The molecule has 15 heavy (non-hydrogen) atoms. The largest absolute Gasteiger partial charge is 0.324 e.